The maximum absolute atomic E-state index is 11.2. The highest BCUT2D eigenvalue weighted by molar-refractivity contribution is 5.30. The molecule has 0 aliphatic rings. The molecule has 0 atom stereocenters. The Labute approximate surface area is 137 Å². The van der Waals surface area contributed by atoms with Gasteiger partial charge in [-0.3, -0.25) is 4.99 Å². The van der Waals surface area contributed by atoms with Gasteiger partial charge in [-0.25, -0.2) is 0 Å². The van der Waals surface area contributed by atoms with E-state index in [2.05, 4.69) is 10.1 Å². The molecular formula is C16H15N5O3. The van der Waals surface area contributed by atoms with Gasteiger partial charge in [-0.05, 0) is 34.3 Å². The third-order valence-corrected chi connectivity index (χ3v) is 3.45. The van der Waals surface area contributed by atoms with Crippen LogP contribution in [0.4, 0.5) is 5.82 Å². The first kappa shape index (κ1) is 15.5. The molecule has 1 aromatic heterocycles. The zero-order chi connectivity index (χ0) is 17.1. The van der Waals surface area contributed by atoms with Crippen LogP contribution in [0.5, 0.6) is 0 Å². The van der Waals surface area contributed by atoms with E-state index in [0.29, 0.717) is 10.5 Å². The molecule has 24 heavy (non-hydrogen) atoms. The molecule has 0 unspecified atom stereocenters. The molecule has 0 radical (unpaired) electrons. The van der Waals surface area contributed by atoms with Crippen molar-refractivity contribution < 1.29 is 10.1 Å². The molecule has 0 saturated carbocycles. The molecule has 2 aromatic carbocycles. The zero-order valence-electron chi connectivity index (χ0n) is 12.9. The number of aromatic nitrogens is 3. The predicted molar refractivity (Wildman–Crippen MR) is 85.8 cm³/mol. The van der Waals surface area contributed by atoms with Gasteiger partial charge in [0.05, 0.1) is 11.6 Å². The lowest BCUT2D eigenvalue weighted by molar-refractivity contribution is -0.391. The van der Waals surface area contributed by atoms with Crippen LogP contribution in [0.3, 0.4) is 0 Å². The van der Waals surface area contributed by atoms with Crippen LogP contribution in [0.2, 0.25) is 0 Å². The lowest BCUT2D eigenvalue weighted by Crippen LogP contribution is -2.22. The molecule has 1 heterocycles. The maximum Gasteiger partial charge on any atom is 0.438 e. The Morgan fingerprint density at radius 1 is 1.17 bits per heavy atom. The SMILES string of the molecule is Cc1ccc(CN=c2c([N+](=O)[O-])nn(-c3ccccc3)n2O)cc1. The first-order valence-corrected chi connectivity index (χ1v) is 7.24. The Morgan fingerprint density at radius 3 is 2.46 bits per heavy atom. The first-order valence-electron chi connectivity index (χ1n) is 7.24. The van der Waals surface area contributed by atoms with Gasteiger partial charge in [-0.1, -0.05) is 52.9 Å². The summed E-state index contributed by atoms with van der Waals surface area (Å²) in [6.07, 6.45) is 0. The van der Waals surface area contributed by atoms with Gasteiger partial charge in [0, 0.05) is 0 Å². The summed E-state index contributed by atoms with van der Waals surface area (Å²) in [4.78, 5) is 16.3. The van der Waals surface area contributed by atoms with Crippen molar-refractivity contribution in [2.45, 2.75) is 13.5 Å². The molecule has 8 heteroatoms. The van der Waals surface area contributed by atoms with E-state index >= 15 is 0 Å². The monoisotopic (exact) mass is 325 g/mol. The summed E-state index contributed by atoms with van der Waals surface area (Å²) >= 11 is 0. The van der Waals surface area contributed by atoms with Crippen LogP contribution in [0.25, 0.3) is 5.69 Å². The average Bonchev–Trinajstić information content (AvgIpc) is 2.92. The van der Waals surface area contributed by atoms with Crippen LogP contribution >= 0.6 is 0 Å². The van der Waals surface area contributed by atoms with E-state index < -0.39 is 10.7 Å². The third-order valence-electron chi connectivity index (χ3n) is 3.45. The van der Waals surface area contributed by atoms with Crippen LogP contribution in [0.1, 0.15) is 11.1 Å². The Bertz CT molecular complexity index is 927. The second-order valence-electron chi connectivity index (χ2n) is 5.22. The van der Waals surface area contributed by atoms with Crippen molar-refractivity contribution in [3.8, 4) is 5.69 Å². The highest BCUT2D eigenvalue weighted by atomic mass is 16.6. The van der Waals surface area contributed by atoms with Crippen LogP contribution in [0.15, 0.2) is 59.6 Å². The fourth-order valence-corrected chi connectivity index (χ4v) is 2.20. The smallest absolute Gasteiger partial charge is 0.409 e. The topological polar surface area (TPSA) is 98.5 Å². The Balaban J connectivity index is 2.06. The number of benzene rings is 2. The largest absolute Gasteiger partial charge is 0.438 e. The molecule has 1 N–H and O–H groups in total. The van der Waals surface area contributed by atoms with Gasteiger partial charge in [0.15, 0.2) is 0 Å². The normalized spacial score (nSPS) is 11.6. The molecule has 0 fully saturated rings. The van der Waals surface area contributed by atoms with Gasteiger partial charge < -0.3 is 15.3 Å². The van der Waals surface area contributed by atoms with Gasteiger partial charge in [-0.15, -0.1) is 0 Å². The number of aryl methyl sites for hydroxylation is 1. The highest BCUT2D eigenvalue weighted by Crippen LogP contribution is 2.08. The molecule has 3 aromatic rings. The summed E-state index contributed by atoms with van der Waals surface area (Å²) in [5.41, 5.74) is 2.27. The van der Waals surface area contributed by atoms with Crippen LogP contribution in [0, 0.1) is 17.0 Å². The Hall–Kier alpha value is -3.42. The molecular weight excluding hydrogens is 310 g/mol. The number of hydrogen-bond donors (Lipinski definition) is 1. The summed E-state index contributed by atoms with van der Waals surface area (Å²) in [5, 5.41) is 25.3. The van der Waals surface area contributed by atoms with E-state index in [1.807, 2.05) is 31.2 Å². The minimum atomic E-state index is -0.667. The van der Waals surface area contributed by atoms with Crippen molar-refractivity contribution in [1.29, 1.82) is 0 Å². The van der Waals surface area contributed by atoms with Gasteiger partial charge in [0.25, 0.3) is 5.49 Å². The van der Waals surface area contributed by atoms with E-state index in [0.717, 1.165) is 15.9 Å². The lowest BCUT2D eigenvalue weighted by Gasteiger charge is -1.99. The first-order chi connectivity index (χ1) is 11.6. The van der Waals surface area contributed by atoms with Gasteiger partial charge in [0.2, 0.25) is 0 Å². The Morgan fingerprint density at radius 2 is 1.83 bits per heavy atom. The number of para-hydroxylation sites is 1. The molecule has 3 rings (SSSR count). The van der Waals surface area contributed by atoms with Crippen molar-refractivity contribution in [1.82, 2.24) is 14.7 Å². The number of hydrogen-bond acceptors (Lipinski definition) is 5. The van der Waals surface area contributed by atoms with Gasteiger partial charge >= 0.3 is 5.82 Å². The second-order valence-corrected chi connectivity index (χ2v) is 5.22. The minimum absolute atomic E-state index is 0.197. The van der Waals surface area contributed by atoms with Crippen molar-refractivity contribution in [3.63, 3.8) is 0 Å². The third kappa shape index (κ3) is 3.02. The number of nitro groups is 1. The summed E-state index contributed by atoms with van der Waals surface area (Å²) < 4.78 is 0. The fourth-order valence-electron chi connectivity index (χ4n) is 2.20. The van der Waals surface area contributed by atoms with Crippen molar-refractivity contribution in [3.05, 3.63) is 81.3 Å². The molecule has 0 saturated heterocycles. The molecule has 122 valence electrons. The van der Waals surface area contributed by atoms with Crippen LogP contribution in [-0.2, 0) is 6.54 Å². The molecule has 8 nitrogen and oxygen atoms in total. The second kappa shape index (κ2) is 6.37. The molecule has 0 spiro atoms. The molecule has 0 amide bonds. The molecule has 0 bridgehead atoms. The molecule has 0 aliphatic carbocycles. The van der Waals surface area contributed by atoms with E-state index in [9.17, 15) is 15.3 Å². The van der Waals surface area contributed by atoms with Crippen LogP contribution < -0.4 is 5.49 Å². The summed E-state index contributed by atoms with van der Waals surface area (Å²) in [6, 6.07) is 16.3. The summed E-state index contributed by atoms with van der Waals surface area (Å²) in [5.74, 6) is -0.506. The minimum Gasteiger partial charge on any atom is -0.409 e. The highest BCUT2D eigenvalue weighted by Gasteiger charge is 2.23. The van der Waals surface area contributed by atoms with E-state index in [1.165, 1.54) is 0 Å². The lowest BCUT2D eigenvalue weighted by atomic mass is 10.1. The van der Waals surface area contributed by atoms with Crippen LogP contribution in [-0.4, -0.2) is 24.9 Å². The molecule has 0 aliphatic heterocycles. The standard InChI is InChI=1S/C16H15N5O3/c1-12-7-9-13(10-8-12)11-17-15-16(21(23)24)18-19(20(15)22)14-5-3-2-4-6-14/h2-10,22H,11H2,1H3. The van der Waals surface area contributed by atoms with Crippen molar-refractivity contribution in [2.75, 3.05) is 0 Å². The van der Waals surface area contributed by atoms with Crippen molar-refractivity contribution >= 4 is 5.82 Å². The Kier molecular flexibility index (Phi) is 4.11. The van der Waals surface area contributed by atoms with E-state index in [-0.39, 0.29) is 12.0 Å². The predicted octanol–water partition coefficient (Wildman–Crippen LogP) is 2.23. The number of rotatable bonds is 4. The quantitative estimate of drug-likeness (QED) is 0.452. The maximum atomic E-state index is 11.2. The fraction of sp³-hybridized carbons (Fsp3) is 0.125. The van der Waals surface area contributed by atoms with Gasteiger partial charge in [0.1, 0.15) is 5.69 Å². The van der Waals surface area contributed by atoms with Gasteiger partial charge in [-0.2, -0.15) is 0 Å². The van der Waals surface area contributed by atoms with E-state index in [4.69, 9.17) is 0 Å². The average molecular weight is 325 g/mol. The van der Waals surface area contributed by atoms with Crippen molar-refractivity contribution in [2.24, 2.45) is 4.99 Å². The summed E-state index contributed by atoms with van der Waals surface area (Å²) in [6.45, 7) is 2.17. The zero-order valence-corrected chi connectivity index (χ0v) is 12.9. The van der Waals surface area contributed by atoms with E-state index in [1.54, 1.807) is 30.3 Å². The summed E-state index contributed by atoms with van der Waals surface area (Å²) in [7, 11) is 0. The number of nitrogens with zero attached hydrogens (tertiary/aromatic N) is 5.